The number of aromatic amines is 1. The highest BCUT2D eigenvalue weighted by atomic mass is 19.1. The molecule has 1 aromatic heterocycles. The van der Waals surface area contributed by atoms with Crippen LogP contribution in [0.5, 0.6) is 5.75 Å². The Morgan fingerprint density at radius 2 is 1.85 bits per heavy atom. The SMILES string of the molecule is CCN(C(=O)c1n[nH]c2c1C1(CC1)CN(c1ccc(N3CCCCC3=O)cc1)C2=O)c1cc(F)c2c(c1)CCO2. The molecule has 10 heteroatoms. The summed E-state index contributed by atoms with van der Waals surface area (Å²) in [6.07, 6.45) is 4.72. The molecule has 1 N–H and O–H groups in total. The first-order valence-electron chi connectivity index (χ1n) is 14.0. The number of benzene rings is 2. The number of nitrogens with zero attached hydrogens (tertiary/aromatic N) is 4. The predicted molar refractivity (Wildman–Crippen MR) is 147 cm³/mol. The maximum Gasteiger partial charge on any atom is 0.279 e. The summed E-state index contributed by atoms with van der Waals surface area (Å²) in [5.41, 5.74) is 3.62. The van der Waals surface area contributed by atoms with Crippen molar-refractivity contribution in [1.82, 2.24) is 10.2 Å². The number of hydrogen-bond acceptors (Lipinski definition) is 5. The van der Waals surface area contributed by atoms with Crippen molar-refractivity contribution in [3.05, 3.63) is 64.7 Å². The van der Waals surface area contributed by atoms with E-state index in [1.54, 1.807) is 15.9 Å². The van der Waals surface area contributed by atoms with E-state index in [9.17, 15) is 18.8 Å². The molecule has 1 saturated carbocycles. The van der Waals surface area contributed by atoms with E-state index in [0.29, 0.717) is 56.0 Å². The molecule has 2 aromatic carbocycles. The highest BCUT2D eigenvalue weighted by molar-refractivity contribution is 6.13. The molecule has 3 aliphatic heterocycles. The van der Waals surface area contributed by atoms with Crippen molar-refractivity contribution in [3.8, 4) is 5.75 Å². The first-order chi connectivity index (χ1) is 19.4. The van der Waals surface area contributed by atoms with Crippen LogP contribution >= 0.6 is 0 Å². The summed E-state index contributed by atoms with van der Waals surface area (Å²) in [7, 11) is 0. The minimum atomic E-state index is -0.486. The van der Waals surface area contributed by atoms with E-state index in [2.05, 4.69) is 10.2 Å². The Kier molecular flexibility index (Phi) is 5.69. The predicted octanol–water partition coefficient (Wildman–Crippen LogP) is 4.36. The van der Waals surface area contributed by atoms with Crippen molar-refractivity contribution in [1.29, 1.82) is 0 Å². The van der Waals surface area contributed by atoms with Crippen LogP contribution in [-0.2, 0) is 16.6 Å². The van der Waals surface area contributed by atoms with Crippen molar-refractivity contribution < 1.29 is 23.5 Å². The van der Waals surface area contributed by atoms with E-state index < -0.39 is 5.82 Å². The van der Waals surface area contributed by atoms with Crippen LogP contribution in [0.15, 0.2) is 36.4 Å². The number of anilines is 3. The van der Waals surface area contributed by atoms with Crippen LogP contribution in [0, 0.1) is 5.82 Å². The summed E-state index contributed by atoms with van der Waals surface area (Å²) in [6.45, 7) is 3.72. The van der Waals surface area contributed by atoms with Crippen molar-refractivity contribution >= 4 is 34.8 Å². The molecule has 0 radical (unpaired) electrons. The number of halogens is 1. The zero-order chi connectivity index (χ0) is 27.6. The fourth-order valence-corrected chi connectivity index (χ4v) is 6.39. The summed E-state index contributed by atoms with van der Waals surface area (Å²) in [4.78, 5) is 44.9. The molecule has 7 rings (SSSR count). The number of fused-ring (bicyclic) bond motifs is 3. The second-order valence-electron chi connectivity index (χ2n) is 11.1. The van der Waals surface area contributed by atoms with Crippen molar-refractivity contribution in [2.24, 2.45) is 0 Å². The van der Waals surface area contributed by atoms with E-state index in [1.165, 1.54) is 11.0 Å². The van der Waals surface area contributed by atoms with Gasteiger partial charge in [-0.05, 0) is 62.9 Å². The average molecular weight is 544 g/mol. The molecular formula is C30H30FN5O4. The lowest BCUT2D eigenvalue weighted by Crippen LogP contribution is -2.44. The number of amides is 3. The van der Waals surface area contributed by atoms with E-state index in [1.807, 2.05) is 31.2 Å². The van der Waals surface area contributed by atoms with E-state index in [-0.39, 0.29) is 34.6 Å². The van der Waals surface area contributed by atoms with E-state index in [4.69, 9.17) is 4.74 Å². The third kappa shape index (κ3) is 3.80. The van der Waals surface area contributed by atoms with E-state index in [0.717, 1.165) is 42.6 Å². The zero-order valence-corrected chi connectivity index (χ0v) is 22.3. The Labute approximate surface area is 230 Å². The van der Waals surface area contributed by atoms with Gasteiger partial charge in [-0.25, -0.2) is 4.39 Å². The molecule has 3 amide bonds. The van der Waals surface area contributed by atoms with Gasteiger partial charge < -0.3 is 19.4 Å². The van der Waals surface area contributed by atoms with Gasteiger partial charge in [0.25, 0.3) is 11.8 Å². The maximum atomic E-state index is 14.7. The molecule has 206 valence electrons. The monoisotopic (exact) mass is 543 g/mol. The van der Waals surface area contributed by atoms with E-state index >= 15 is 0 Å². The first-order valence-corrected chi connectivity index (χ1v) is 14.0. The molecule has 0 unspecified atom stereocenters. The molecule has 4 aliphatic rings. The van der Waals surface area contributed by atoms with Gasteiger partial charge in [-0.15, -0.1) is 0 Å². The van der Waals surface area contributed by atoms with Gasteiger partial charge in [-0.2, -0.15) is 5.10 Å². The van der Waals surface area contributed by atoms with Gasteiger partial charge in [0.1, 0.15) is 5.69 Å². The topological polar surface area (TPSA) is 98.8 Å². The second kappa shape index (κ2) is 9.18. The number of aromatic nitrogens is 2. The number of nitrogens with one attached hydrogen (secondary N) is 1. The minimum absolute atomic E-state index is 0.126. The highest BCUT2D eigenvalue weighted by Crippen LogP contribution is 2.54. The number of carbonyl (C=O) groups excluding carboxylic acids is 3. The molecule has 3 aromatic rings. The standard InChI is InChI=1S/C30H30FN5O4/c1-2-34(21-15-18-10-14-40-27(18)22(31)16-21)28(38)25-24-26(33-32-25)29(39)36(17-30(24)11-12-30)20-8-6-19(7-9-20)35-13-4-3-5-23(35)37/h6-9,15-16H,2-5,10-14,17H2,1H3,(H,32,33). The number of carbonyl (C=O) groups is 3. The number of ether oxygens (including phenoxy) is 1. The number of piperidine rings is 1. The summed E-state index contributed by atoms with van der Waals surface area (Å²) < 4.78 is 20.1. The van der Waals surface area contributed by atoms with Crippen molar-refractivity contribution in [3.63, 3.8) is 0 Å². The molecule has 0 atom stereocenters. The quantitative estimate of drug-likeness (QED) is 0.516. The maximum absolute atomic E-state index is 14.7. The smallest absolute Gasteiger partial charge is 0.279 e. The lowest BCUT2D eigenvalue weighted by molar-refractivity contribution is -0.119. The molecule has 1 spiro atoms. The summed E-state index contributed by atoms with van der Waals surface area (Å²) in [5, 5.41) is 7.23. The van der Waals surface area contributed by atoms with Gasteiger partial charge >= 0.3 is 0 Å². The van der Waals surface area contributed by atoms with Gasteiger partial charge in [0.05, 0.1) is 6.61 Å². The number of hydrogen-bond donors (Lipinski definition) is 1. The third-order valence-electron chi connectivity index (χ3n) is 8.67. The average Bonchev–Trinajstić information content (AvgIpc) is 3.33. The molecule has 0 bridgehead atoms. The van der Waals surface area contributed by atoms with Gasteiger partial charge in [0.15, 0.2) is 17.3 Å². The molecule has 1 saturated heterocycles. The van der Waals surface area contributed by atoms with Crippen LogP contribution in [0.2, 0.25) is 0 Å². The molecular weight excluding hydrogens is 513 g/mol. The zero-order valence-electron chi connectivity index (χ0n) is 22.3. The third-order valence-corrected chi connectivity index (χ3v) is 8.67. The lowest BCUT2D eigenvalue weighted by Gasteiger charge is -2.34. The van der Waals surface area contributed by atoms with Crippen LogP contribution < -0.4 is 19.4 Å². The Morgan fingerprint density at radius 1 is 1.10 bits per heavy atom. The molecule has 1 aliphatic carbocycles. The normalized spacial score (nSPS) is 18.9. The molecule has 9 nitrogen and oxygen atoms in total. The van der Waals surface area contributed by atoms with Crippen molar-refractivity contribution in [2.45, 2.75) is 50.9 Å². The summed E-state index contributed by atoms with van der Waals surface area (Å²) >= 11 is 0. The number of rotatable bonds is 5. The van der Waals surface area contributed by atoms with Crippen molar-refractivity contribution in [2.75, 3.05) is 40.9 Å². The molecule has 4 heterocycles. The highest BCUT2D eigenvalue weighted by Gasteiger charge is 2.55. The summed E-state index contributed by atoms with van der Waals surface area (Å²) in [6, 6.07) is 10.7. The Hall–Kier alpha value is -4.21. The molecule has 40 heavy (non-hydrogen) atoms. The fourth-order valence-electron chi connectivity index (χ4n) is 6.39. The van der Waals surface area contributed by atoms with Crippen LogP contribution in [0.3, 0.4) is 0 Å². The Morgan fingerprint density at radius 3 is 2.55 bits per heavy atom. The Balaban J connectivity index is 1.19. The van der Waals surface area contributed by atoms with Gasteiger partial charge in [0.2, 0.25) is 5.91 Å². The van der Waals surface area contributed by atoms with Gasteiger partial charge in [-0.1, -0.05) is 0 Å². The van der Waals surface area contributed by atoms with Gasteiger partial charge in [0, 0.05) is 72.1 Å². The van der Waals surface area contributed by atoms with Crippen LogP contribution in [0.25, 0.3) is 0 Å². The summed E-state index contributed by atoms with van der Waals surface area (Å²) in [5.74, 6) is -0.713. The van der Waals surface area contributed by atoms with Crippen LogP contribution in [-0.4, -0.2) is 54.2 Å². The molecule has 2 fully saturated rings. The first kappa shape index (κ1) is 24.8. The largest absolute Gasteiger partial charge is 0.490 e. The van der Waals surface area contributed by atoms with Crippen LogP contribution in [0.1, 0.15) is 71.1 Å². The fraction of sp³-hybridized carbons (Fsp3) is 0.400. The lowest BCUT2D eigenvalue weighted by atomic mass is 9.88. The van der Waals surface area contributed by atoms with Crippen LogP contribution in [0.4, 0.5) is 21.5 Å². The Bertz CT molecular complexity index is 1540. The number of H-pyrrole nitrogens is 1. The van der Waals surface area contributed by atoms with Gasteiger partial charge in [-0.3, -0.25) is 19.5 Å². The second-order valence-corrected chi connectivity index (χ2v) is 11.1. The minimum Gasteiger partial charge on any atom is -0.490 e.